The summed E-state index contributed by atoms with van der Waals surface area (Å²) in [5.74, 6) is 0.640. The third-order valence-corrected chi connectivity index (χ3v) is 4.16. The molecule has 3 aromatic rings. The minimum Gasteiger partial charge on any atom is -0.366 e. The van der Waals surface area contributed by atoms with Crippen LogP contribution in [-0.4, -0.2) is 14.8 Å². The molecule has 0 saturated heterocycles. The van der Waals surface area contributed by atoms with Gasteiger partial charge in [-0.2, -0.15) is 4.98 Å². The van der Waals surface area contributed by atoms with E-state index < -0.39 is 0 Å². The van der Waals surface area contributed by atoms with E-state index in [1.807, 2.05) is 22.9 Å². The third kappa shape index (κ3) is 2.52. The van der Waals surface area contributed by atoms with Crippen molar-refractivity contribution in [3.63, 3.8) is 0 Å². The lowest BCUT2D eigenvalue weighted by molar-refractivity contribution is 0.431. The Balaban J connectivity index is 1.75. The van der Waals surface area contributed by atoms with Gasteiger partial charge in [-0.1, -0.05) is 42.5 Å². The molecule has 1 aliphatic rings. The molecule has 0 saturated carbocycles. The van der Waals surface area contributed by atoms with Crippen molar-refractivity contribution < 1.29 is 4.39 Å². The van der Waals surface area contributed by atoms with E-state index in [9.17, 15) is 4.39 Å². The first kappa shape index (κ1) is 13.8. The number of rotatable bonds is 2. The normalized spacial score (nSPS) is 19.9. The fourth-order valence-electron chi connectivity index (χ4n) is 3.06. The van der Waals surface area contributed by atoms with Crippen LogP contribution in [0.15, 0.2) is 54.6 Å². The number of benzene rings is 2. The van der Waals surface area contributed by atoms with Crippen LogP contribution in [0.1, 0.15) is 29.6 Å². The molecule has 6 heteroatoms. The van der Waals surface area contributed by atoms with Gasteiger partial charge in [0.2, 0.25) is 11.9 Å². The first-order valence-corrected chi connectivity index (χ1v) is 7.49. The lowest BCUT2D eigenvalue weighted by atomic mass is 9.93. The van der Waals surface area contributed by atoms with E-state index in [0.29, 0.717) is 5.95 Å². The Bertz CT molecular complexity index is 813. The van der Waals surface area contributed by atoms with Gasteiger partial charge in [-0.3, -0.25) is 0 Å². The van der Waals surface area contributed by atoms with Gasteiger partial charge in [0.25, 0.3) is 0 Å². The highest BCUT2D eigenvalue weighted by molar-refractivity contribution is 5.41. The van der Waals surface area contributed by atoms with Crippen molar-refractivity contribution in [3.8, 4) is 0 Å². The van der Waals surface area contributed by atoms with Crippen LogP contribution in [0.25, 0.3) is 0 Å². The predicted molar refractivity (Wildman–Crippen MR) is 86.4 cm³/mol. The van der Waals surface area contributed by atoms with Gasteiger partial charge in [0, 0.05) is 0 Å². The number of halogens is 1. The minimum atomic E-state index is -0.239. The van der Waals surface area contributed by atoms with Crippen molar-refractivity contribution in [2.45, 2.75) is 18.5 Å². The van der Waals surface area contributed by atoms with Crippen molar-refractivity contribution in [1.29, 1.82) is 0 Å². The van der Waals surface area contributed by atoms with Gasteiger partial charge in [0.1, 0.15) is 5.82 Å². The van der Waals surface area contributed by atoms with Crippen LogP contribution in [0.4, 0.5) is 16.3 Å². The molecule has 0 bridgehead atoms. The summed E-state index contributed by atoms with van der Waals surface area (Å²) in [5.41, 5.74) is 7.93. The summed E-state index contributed by atoms with van der Waals surface area (Å²) in [5, 5.41) is 7.65. The molecule has 2 aromatic carbocycles. The average molecular weight is 309 g/mol. The molecule has 23 heavy (non-hydrogen) atoms. The SMILES string of the molecule is Nc1nc2n(n1)[C@@H](c1ccccc1)C[C@H](c1ccc(F)cc1)N2. The Morgan fingerprint density at radius 3 is 2.52 bits per heavy atom. The number of nitrogens with one attached hydrogen (secondary N) is 1. The topological polar surface area (TPSA) is 68.8 Å². The zero-order valence-electron chi connectivity index (χ0n) is 12.4. The van der Waals surface area contributed by atoms with E-state index in [-0.39, 0.29) is 23.8 Å². The van der Waals surface area contributed by atoms with E-state index >= 15 is 0 Å². The summed E-state index contributed by atoms with van der Waals surface area (Å²) >= 11 is 0. The molecule has 5 nitrogen and oxygen atoms in total. The summed E-state index contributed by atoms with van der Waals surface area (Å²) in [7, 11) is 0. The zero-order chi connectivity index (χ0) is 15.8. The number of nitrogens with two attached hydrogens (primary N) is 1. The third-order valence-electron chi connectivity index (χ3n) is 4.16. The van der Waals surface area contributed by atoms with E-state index in [1.54, 1.807) is 12.1 Å². The van der Waals surface area contributed by atoms with Gasteiger partial charge < -0.3 is 11.1 Å². The van der Waals surface area contributed by atoms with Crippen LogP contribution in [0.2, 0.25) is 0 Å². The molecule has 0 aliphatic carbocycles. The average Bonchev–Trinajstić information content (AvgIpc) is 2.95. The second-order valence-electron chi connectivity index (χ2n) is 5.65. The molecule has 116 valence electrons. The highest BCUT2D eigenvalue weighted by Crippen LogP contribution is 2.37. The van der Waals surface area contributed by atoms with E-state index in [0.717, 1.165) is 17.5 Å². The molecule has 1 aromatic heterocycles. The lowest BCUT2D eigenvalue weighted by Crippen LogP contribution is -2.28. The van der Waals surface area contributed by atoms with Crippen LogP contribution < -0.4 is 11.1 Å². The lowest BCUT2D eigenvalue weighted by Gasteiger charge is -2.31. The number of aromatic nitrogens is 3. The Hall–Kier alpha value is -2.89. The molecule has 3 N–H and O–H groups in total. The summed E-state index contributed by atoms with van der Waals surface area (Å²) in [6.45, 7) is 0. The van der Waals surface area contributed by atoms with Gasteiger partial charge >= 0.3 is 0 Å². The predicted octanol–water partition coefficient (Wildman–Crippen LogP) is 3.15. The van der Waals surface area contributed by atoms with Gasteiger partial charge in [-0.25, -0.2) is 9.07 Å². The molecule has 4 rings (SSSR count). The van der Waals surface area contributed by atoms with Crippen LogP contribution >= 0.6 is 0 Å². The van der Waals surface area contributed by atoms with Crippen molar-refractivity contribution >= 4 is 11.9 Å². The van der Waals surface area contributed by atoms with Crippen molar-refractivity contribution in [3.05, 3.63) is 71.5 Å². The Morgan fingerprint density at radius 2 is 1.78 bits per heavy atom. The summed E-state index contributed by atoms with van der Waals surface area (Å²) in [6, 6.07) is 16.7. The molecular formula is C17H16FN5. The van der Waals surface area contributed by atoms with Crippen LogP contribution in [0.5, 0.6) is 0 Å². The van der Waals surface area contributed by atoms with Gasteiger partial charge in [-0.05, 0) is 29.7 Å². The maximum atomic E-state index is 13.2. The largest absolute Gasteiger partial charge is 0.366 e. The minimum absolute atomic E-state index is 0.0249. The van der Waals surface area contributed by atoms with Gasteiger partial charge in [0.15, 0.2) is 0 Å². The zero-order valence-corrected chi connectivity index (χ0v) is 12.4. The summed E-state index contributed by atoms with van der Waals surface area (Å²) < 4.78 is 15.0. The maximum Gasteiger partial charge on any atom is 0.241 e. The van der Waals surface area contributed by atoms with E-state index in [4.69, 9.17) is 5.73 Å². The highest BCUT2D eigenvalue weighted by atomic mass is 19.1. The molecule has 2 atom stereocenters. The molecule has 0 radical (unpaired) electrons. The molecule has 0 unspecified atom stereocenters. The fraction of sp³-hybridized carbons (Fsp3) is 0.176. The first-order chi connectivity index (χ1) is 11.2. The number of hydrogen-bond acceptors (Lipinski definition) is 4. The second kappa shape index (κ2) is 5.39. The molecule has 0 fully saturated rings. The fourth-order valence-corrected chi connectivity index (χ4v) is 3.06. The van der Waals surface area contributed by atoms with Crippen LogP contribution in [0.3, 0.4) is 0 Å². The second-order valence-corrected chi connectivity index (χ2v) is 5.65. The Kier molecular flexibility index (Phi) is 3.22. The number of nitrogens with zero attached hydrogens (tertiary/aromatic N) is 3. The molecule has 1 aliphatic heterocycles. The standard InChI is InChI=1S/C17H16FN5/c18-13-8-6-11(7-9-13)14-10-15(12-4-2-1-3-5-12)23-17(20-14)21-16(19)22-23/h1-9,14-15H,10H2,(H3,19,20,21,22)/t14-,15-/m1/s1. The molecule has 2 heterocycles. The number of hydrogen-bond donors (Lipinski definition) is 2. The van der Waals surface area contributed by atoms with Crippen molar-refractivity contribution in [2.75, 3.05) is 11.1 Å². The molecule has 0 amide bonds. The number of anilines is 2. The van der Waals surface area contributed by atoms with E-state index in [2.05, 4.69) is 27.5 Å². The van der Waals surface area contributed by atoms with Crippen LogP contribution in [0, 0.1) is 5.82 Å². The van der Waals surface area contributed by atoms with E-state index in [1.165, 1.54) is 12.1 Å². The molecule has 0 spiro atoms. The van der Waals surface area contributed by atoms with Crippen molar-refractivity contribution in [1.82, 2.24) is 14.8 Å². The monoisotopic (exact) mass is 309 g/mol. The summed E-state index contributed by atoms with van der Waals surface area (Å²) in [4.78, 5) is 4.26. The maximum absolute atomic E-state index is 13.2. The number of fused-ring (bicyclic) bond motifs is 1. The van der Waals surface area contributed by atoms with Gasteiger partial charge in [-0.15, -0.1) is 5.10 Å². The van der Waals surface area contributed by atoms with Crippen molar-refractivity contribution in [2.24, 2.45) is 0 Å². The summed E-state index contributed by atoms with van der Waals surface area (Å²) in [6.07, 6.45) is 0.783. The Labute approximate surface area is 133 Å². The first-order valence-electron chi connectivity index (χ1n) is 7.49. The highest BCUT2D eigenvalue weighted by Gasteiger charge is 2.30. The quantitative estimate of drug-likeness (QED) is 0.763. The number of nitrogen functional groups attached to an aromatic ring is 1. The Morgan fingerprint density at radius 1 is 1.04 bits per heavy atom. The van der Waals surface area contributed by atoms with Crippen LogP contribution in [-0.2, 0) is 0 Å². The smallest absolute Gasteiger partial charge is 0.241 e. The van der Waals surface area contributed by atoms with Gasteiger partial charge in [0.05, 0.1) is 12.1 Å². The molecular weight excluding hydrogens is 293 g/mol.